The molecule has 0 bridgehead atoms. The summed E-state index contributed by atoms with van der Waals surface area (Å²) in [6.45, 7) is 0.953. The van der Waals surface area contributed by atoms with Crippen LogP contribution in [0.2, 0.25) is 0 Å². The third-order valence-corrected chi connectivity index (χ3v) is 1.82. The van der Waals surface area contributed by atoms with Crippen molar-refractivity contribution in [2.24, 2.45) is 5.84 Å². The van der Waals surface area contributed by atoms with Crippen LogP contribution < -0.4 is 5.84 Å². The predicted molar refractivity (Wildman–Crippen MR) is 66.1 cm³/mol. The number of hydrogen-bond acceptors (Lipinski definition) is 2. The highest BCUT2D eigenvalue weighted by atomic mass is 35.5. The standard InChI is InChI=1S/C10H16N2.2ClH/c1-12(11)9-5-8-10-6-3-2-4-7-10;;/h2-4,6-7H,5,8-9,11H2,1H3;2*1H. The van der Waals surface area contributed by atoms with Crippen molar-refractivity contribution in [3.63, 3.8) is 0 Å². The van der Waals surface area contributed by atoms with E-state index in [-0.39, 0.29) is 24.8 Å². The summed E-state index contributed by atoms with van der Waals surface area (Å²) < 4.78 is 0. The smallest absolute Gasteiger partial charge is 0.0128 e. The lowest BCUT2D eigenvalue weighted by atomic mass is 10.1. The molecule has 0 unspecified atom stereocenters. The highest BCUT2D eigenvalue weighted by Gasteiger charge is 1.92. The van der Waals surface area contributed by atoms with Crippen LogP contribution in [-0.2, 0) is 6.42 Å². The molecule has 0 aliphatic carbocycles. The lowest BCUT2D eigenvalue weighted by Crippen LogP contribution is -2.27. The van der Waals surface area contributed by atoms with E-state index in [0.29, 0.717) is 0 Å². The minimum absolute atomic E-state index is 0. The van der Waals surface area contributed by atoms with Crippen LogP contribution in [0.3, 0.4) is 0 Å². The van der Waals surface area contributed by atoms with Gasteiger partial charge in [0.2, 0.25) is 0 Å². The van der Waals surface area contributed by atoms with Gasteiger partial charge in [0.1, 0.15) is 0 Å². The third-order valence-electron chi connectivity index (χ3n) is 1.82. The minimum atomic E-state index is 0. The van der Waals surface area contributed by atoms with Crippen molar-refractivity contribution in [2.75, 3.05) is 13.6 Å². The van der Waals surface area contributed by atoms with Gasteiger partial charge >= 0.3 is 0 Å². The SMILES string of the molecule is CN(N)CCCc1ccccc1.Cl.Cl. The number of nitrogens with zero attached hydrogens (tertiary/aromatic N) is 1. The second-order valence-corrected chi connectivity index (χ2v) is 3.07. The molecular formula is C10H18Cl2N2. The second kappa shape index (κ2) is 9.28. The van der Waals surface area contributed by atoms with Crippen molar-refractivity contribution in [1.82, 2.24) is 5.01 Å². The summed E-state index contributed by atoms with van der Waals surface area (Å²) in [5.74, 6) is 5.49. The summed E-state index contributed by atoms with van der Waals surface area (Å²) in [5, 5.41) is 1.73. The molecule has 4 heteroatoms. The molecule has 0 radical (unpaired) electrons. The average Bonchev–Trinajstić information content (AvgIpc) is 2.05. The van der Waals surface area contributed by atoms with E-state index >= 15 is 0 Å². The molecule has 0 heterocycles. The Kier molecular flexibility index (Phi) is 10.7. The molecule has 1 rings (SSSR count). The summed E-state index contributed by atoms with van der Waals surface area (Å²) in [5.41, 5.74) is 1.39. The van der Waals surface area contributed by atoms with Gasteiger partial charge in [0.05, 0.1) is 0 Å². The van der Waals surface area contributed by atoms with Gasteiger partial charge in [-0.2, -0.15) is 0 Å². The minimum Gasteiger partial charge on any atom is -0.269 e. The first-order valence-electron chi connectivity index (χ1n) is 4.29. The molecule has 0 saturated carbocycles. The number of halogens is 2. The van der Waals surface area contributed by atoms with Crippen molar-refractivity contribution in [2.45, 2.75) is 12.8 Å². The van der Waals surface area contributed by atoms with E-state index < -0.39 is 0 Å². The van der Waals surface area contributed by atoms with Gasteiger partial charge in [-0.15, -0.1) is 24.8 Å². The van der Waals surface area contributed by atoms with Crippen LogP contribution in [0.15, 0.2) is 30.3 Å². The van der Waals surface area contributed by atoms with E-state index in [4.69, 9.17) is 5.84 Å². The Morgan fingerprint density at radius 1 is 1.14 bits per heavy atom. The number of nitrogens with two attached hydrogens (primary N) is 1. The van der Waals surface area contributed by atoms with Crippen molar-refractivity contribution >= 4 is 24.8 Å². The number of benzene rings is 1. The van der Waals surface area contributed by atoms with Crippen molar-refractivity contribution in [1.29, 1.82) is 0 Å². The lowest BCUT2D eigenvalue weighted by Gasteiger charge is -2.08. The third kappa shape index (κ3) is 7.15. The van der Waals surface area contributed by atoms with E-state index in [1.54, 1.807) is 5.01 Å². The largest absolute Gasteiger partial charge is 0.269 e. The fourth-order valence-electron chi connectivity index (χ4n) is 1.18. The molecule has 0 aliphatic rings. The molecule has 82 valence electrons. The zero-order valence-corrected chi connectivity index (χ0v) is 9.98. The monoisotopic (exact) mass is 236 g/mol. The maximum atomic E-state index is 5.49. The fraction of sp³-hybridized carbons (Fsp3) is 0.400. The molecule has 1 aromatic carbocycles. The molecular weight excluding hydrogens is 219 g/mol. The Balaban J connectivity index is 0. The molecule has 2 N–H and O–H groups in total. The van der Waals surface area contributed by atoms with E-state index in [1.807, 2.05) is 13.1 Å². The van der Waals surface area contributed by atoms with Gasteiger partial charge in [-0.05, 0) is 18.4 Å². The molecule has 0 aromatic heterocycles. The maximum absolute atomic E-state index is 5.49. The Morgan fingerprint density at radius 3 is 2.21 bits per heavy atom. The van der Waals surface area contributed by atoms with E-state index in [1.165, 1.54) is 5.56 Å². The normalized spacial score (nSPS) is 9.07. The summed E-state index contributed by atoms with van der Waals surface area (Å²) in [6.07, 6.45) is 2.24. The van der Waals surface area contributed by atoms with E-state index in [9.17, 15) is 0 Å². The van der Waals surface area contributed by atoms with Gasteiger partial charge in [-0.25, -0.2) is 0 Å². The Labute approximate surface area is 98.3 Å². The Bertz CT molecular complexity index is 215. The summed E-state index contributed by atoms with van der Waals surface area (Å²) in [6, 6.07) is 10.5. The van der Waals surface area contributed by atoms with Crippen LogP contribution in [0.4, 0.5) is 0 Å². The lowest BCUT2D eigenvalue weighted by molar-refractivity contribution is 0.343. The molecule has 2 nitrogen and oxygen atoms in total. The zero-order valence-electron chi connectivity index (χ0n) is 8.35. The van der Waals surface area contributed by atoms with Crippen molar-refractivity contribution < 1.29 is 0 Å². The highest BCUT2D eigenvalue weighted by Crippen LogP contribution is 2.01. The molecule has 0 atom stereocenters. The van der Waals surface area contributed by atoms with Gasteiger partial charge in [-0.3, -0.25) is 10.9 Å². The number of aryl methyl sites for hydroxylation is 1. The summed E-state index contributed by atoms with van der Waals surface area (Å²) in [7, 11) is 1.89. The topological polar surface area (TPSA) is 29.3 Å². The van der Waals surface area contributed by atoms with E-state index in [2.05, 4.69) is 24.3 Å². The van der Waals surface area contributed by atoms with Gasteiger partial charge in [0, 0.05) is 13.6 Å². The highest BCUT2D eigenvalue weighted by molar-refractivity contribution is 5.85. The average molecular weight is 237 g/mol. The quantitative estimate of drug-likeness (QED) is 0.643. The van der Waals surface area contributed by atoms with Gasteiger partial charge < -0.3 is 0 Å². The number of rotatable bonds is 4. The van der Waals surface area contributed by atoms with Crippen LogP contribution in [0.25, 0.3) is 0 Å². The number of hydrogen-bond donors (Lipinski definition) is 1. The Hall–Kier alpha value is -0.280. The molecule has 0 spiro atoms. The van der Waals surface area contributed by atoms with Crippen LogP contribution >= 0.6 is 24.8 Å². The molecule has 0 amide bonds. The van der Waals surface area contributed by atoms with Gasteiger partial charge in [0.25, 0.3) is 0 Å². The Morgan fingerprint density at radius 2 is 1.71 bits per heavy atom. The van der Waals surface area contributed by atoms with Crippen LogP contribution in [0.1, 0.15) is 12.0 Å². The van der Waals surface area contributed by atoms with Crippen LogP contribution in [-0.4, -0.2) is 18.6 Å². The van der Waals surface area contributed by atoms with Gasteiger partial charge in [0.15, 0.2) is 0 Å². The zero-order chi connectivity index (χ0) is 8.81. The van der Waals surface area contributed by atoms with Crippen LogP contribution in [0.5, 0.6) is 0 Å². The first kappa shape index (κ1) is 16.2. The number of hydrazine groups is 1. The molecule has 1 aromatic rings. The molecule has 0 saturated heterocycles. The summed E-state index contributed by atoms with van der Waals surface area (Å²) in [4.78, 5) is 0. The molecule has 14 heavy (non-hydrogen) atoms. The first-order chi connectivity index (χ1) is 5.79. The maximum Gasteiger partial charge on any atom is 0.0128 e. The van der Waals surface area contributed by atoms with Crippen molar-refractivity contribution in [3.8, 4) is 0 Å². The first-order valence-corrected chi connectivity index (χ1v) is 4.29. The predicted octanol–water partition coefficient (Wildman–Crippen LogP) is 2.27. The van der Waals surface area contributed by atoms with Crippen LogP contribution in [0, 0.1) is 0 Å². The molecule has 0 fully saturated rings. The summed E-state index contributed by atoms with van der Waals surface area (Å²) >= 11 is 0. The fourth-order valence-corrected chi connectivity index (χ4v) is 1.18. The molecule has 0 aliphatic heterocycles. The second-order valence-electron chi connectivity index (χ2n) is 3.07. The van der Waals surface area contributed by atoms with Gasteiger partial charge in [-0.1, -0.05) is 30.3 Å². The van der Waals surface area contributed by atoms with E-state index in [0.717, 1.165) is 19.4 Å². The van der Waals surface area contributed by atoms with Crippen molar-refractivity contribution in [3.05, 3.63) is 35.9 Å².